The van der Waals surface area contributed by atoms with Crippen LogP contribution in [0.3, 0.4) is 0 Å². The van der Waals surface area contributed by atoms with Crippen LogP contribution in [0.2, 0.25) is 0 Å². The van der Waals surface area contributed by atoms with Crippen LogP contribution in [-0.2, 0) is 14.2 Å². The Kier molecular flexibility index (Phi) is 2.09. The normalized spacial score (nSPS) is 48.0. The second-order valence-electron chi connectivity index (χ2n) is 3.88. The van der Waals surface area contributed by atoms with Gasteiger partial charge in [0.1, 0.15) is 6.10 Å². The Balaban J connectivity index is 2.26. The van der Waals surface area contributed by atoms with Gasteiger partial charge in [-0.1, -0.05) is 0 Å². The van der Waals surface area contributed by atoms with Crippen LogP contribution in [0, 0.1) is 0 Å². The van der Waals surface area contributed by atoms with Crippen LogP contribution in [0.5, 0.6) is 0 Å². The third-order valence-corrected chi connectivity index (χ3v) is 2.86. The van der Waals surface area contributed by atoms with Crippen molar-refractivity contribution in [1.82, 2.24) is 0 Å². The maximum atomic E-state index is 9.57. The fourth-order valence-corrected chi connectivity index (χ4v) is 2.23. The van der Waals surface area contributed by atoms with E-state index in [-0.39, 0.29) is 12.0 Å². The molecule has 2 aliphatic heterocycles. The number of hydrogen-bond donors (Lipinski definition) is 1. The van der Waals surface area contributed by atoms with Crippen molar-refractivity contribution in [1.29, 1.82) is 0 Å². The Bertz CT molecular complexity index is 220. The molecule has 0 spiro atoms. The van der Waals surface area contributed by atoms with Crippen LogP contribution in [-0.4, -0.2) is 41.4 Å². The van der Waals surface area contributed by atoms with Crippen LogP contribution >= 0.6 is 11.6 Å². The number of fused-ring (bicyclic) bond motifs is 1. The molecule has 0 aromatic heterocycles. The first-order chi connectivity index (χ1) is 6.00. The van der Waals surface area contributed by atoms with Gasteiger partial charge in [0.15, 0.2) is 17.7 Å². The molecule has 3 atom stereocenters. The number of aliphatic hydroxyl groups excluding tert-OH is 1. The summed E-state index contributed by atoms with van der Waals surface area (Å²) in [5.74, 6) is -0.521. The lowest BCUT2D eigenvalue weighted by Crippen LogP contribution is -2.47. The third-order valence-electron chi connectivity index (χ3n) is 2.44. The highest BCUT2D eigenvalue weighted by molar-refractivity contribution is 6.18. The lowest BCUT2D eigenvalue weighted by atomic mass is 10.0. The van der Waals surface area contributed by atoms with E-state index >= 15 is 0 Å². The summed E-state index contributed by atoms with van der Waals surface area (Å²) in [5, 5.41) is 9.57. The zero-order chi connectivity index (χ0) is 9.69. The van der Waals surface area contributed by atoms with Gasteiger partial charge in [-0.2, -0.15) is 0 Å². The third kappa shape index (κ3) is 1.28. The highest BCUT2D eigenvalue weighted by Crippen LogP contribution is 2.43. The highest BCUT2D eigenvalue weighted by atomic mass is 35.5. The lowest BCUT2D eigenvalue weighted by Gasteiger charge is -2.27. The molecule has 2 fully saturated rings. The first kappa shape index (κ1) is 9.68. The van der Waals surface area contributed by atoms with Crippen LogP contribution < -0.4 is 0 Å². The molecule has 1 N–H and O–H groups in total. The first-order valence-corrected chi connectivity index (χ1v) is 4.77. The Hall–Kier alpha value is 0.130. The van der Waals surface area contributed by atoms with Crippen molar-refractivity contribution in [2.75, 3.05) is 12.5 Å². The molecule has 2 aliphatic rings. The first-order valence-electron chi connectivity index (χ1n) is 4.24. The van der Waals surface area contributed by atoms with Crippen molar-refractivity contribution in [3.8, 4) is 0 Å². The molecule has 13 heavy (non-hydrogen) atoms. The Morgan fingerprint density at radius 3 is 2.77 bits per heavy atom. The van der Waals surface area contributed by atoms with E-state index in [2.05, 4.69) is 0 Å². The van der Waals surface area contributed by atoms with Gasteiger partial charge in [-0.15, -0.1) is 11.6 Å². The van der Waals surface area contributed by atoms with Crippen LogP contribution in [0.25, 0.3) is 0 Å². The van der Waals surface area contributed by atoms with E-state index in [1.165, 1.54) is 0 Å². The molecule has 0 aromatic rings. The molecule has 0 saturated carbocycles. The molecule has 0 amide bonds. The monoisotopic (exact) mass is 208 g/mol. The van der Waals surface area contributed by atoms with Crippen molar-refractivity contribution < 1.29 is 19.3 Å². The largest absolute Gasteiger partial charge is 0.365 e. The van der Waals surface area contributed by atoms with Gasteiger partial charge in [0.05, 0.1) is 12.5 Å². The van der Waals surface area contributed by atoms with Crippen molar-refractivity contribution >= 4 is 11.6 Å². The molecule has 5 heteroatoms. The van der Waals surface area contributed by atoms with E-state index in [1.54, 1.807) is 13.8 Å². The standard InChI is InChI=1S/C8H13ClO4/c1-7(2)12-5-3-11-6(10)8(5,4-9)13-7/h5-6,10H,3-4H2,1-2H3/t5-,6?,8-/m1/s1. The molecule has 0 bridgehead atoms. The van der Waals surface area contributed by atoms with Gasteiger partial charge in [0.25, 0.3) is 0 Å². The van der Waals surface area contributed by atoms with Gasteiger partial charge >= 0.3 is 0 Å². The maximum absolute atomic E-state index is 9.57. The summed E-state index contributed by atoms with van der Waals surface area (Å²) >= 11 is 5.78. The molecule has 2 saturated heterocycles. The molecule has 0 aromatic carbocycles. The SMILES string of the molecule is CC1(C)O[C@@H]2COC(O)[C@]2(CCl)O1. The van der Waals surface area contributed by atoms with Gasteiger partial charge in [0, 0.05) is 0 Å². The average molecular weight is 209 g/mol. The van der Waals surface area contributed by atoms with Crippen LogP contribution in [0.15, 0.2) is 0 Å². The highest BCUT2D eigenvalue weighted by Gasteiger charge is 2.61. The molecule has 2 heterocycles. The van der Waals surface area contributed by atoms with Gasteiger partial charge in [0.2, 0.25) is 0 Å². The second kappa shape index (κ2) is 2.81. The number of aliphatic hydroxyl groups is 1. The summed E-state index contributed by atoms with van der Waals surface area (Å²) in [7, 11) is 0. The van der Waals surface area contributed by atoms with E-state index in [1.807, 2.05) is 0 Å². The Morgan fingerprint density at radius 2 is 2.23 bits per heavy atom. The average Bonchev–Trinajstić information content (AvgIpc) is 2.46. The Labute approximate surface area is 81.7 Å². The summed E-state index contributed by atoms with van der Waals surface area (Å²) < 4.78 is 16.2. The molecule has 76 valence electrons. The lowest BCUT2D eigenvalue weighted by molar-refractivity contribution is -0.230. The van der Waals surface area contributed by atoms with Crippen molar-refractivity contribution in [3.05, 3.63) is 0 Å². The van der Waals surface area contributed by atoms with Gasteiger partial charge < -0.3 is 19.3 Å². The number of hydrogen-bond acceptors (Lipinski definition) is 4. The molecule has 2 rings (SSSR count). The number of halogens is 1. The predicted molar refractivity (Wildman–Crippen MR) is 45.4 cm³/mol. The fourth-order valence-electron chi connectivity index (χ4n) is 1.87. The van der Waals surface area contributed by atoms with E-state index in [9.17, 15) is 5.11 Å². The van der Waals surface area contributed by atoms with Crippen molar-refractivity contribution in [3.63, 3.8) is 0 Å². The molecular formula is C8H13ClO4. The molecule has 4 nitrogen and oxygen atoms in total. The van der Waals surface area contributed by atoms with E-state index in [0.717, 1.165) is 0 Å². The predicted octanol–water partition coefficient (Wildman–Crippen LogP) is 0.464. The summed E-state index contributed by atoms with van der Waals surface area (Å²) in [5.41, 5.74) is -0.884. The van der Waals surface area contributed by atoms with Crippen LogP contribution in [0.1, 0.15) is 13.8 Å². The van der Waals surface area contributed by atoms with Gasteiger partial charge in [-0.3, -0.25) is 0 Å². The van der Waals surface area contributed by atoms with Gasteiger partial charge in [-0.05, 0) is 13.8 Å². The number of alkyl halides is 1. The van der Waals surface area contributed by atoms with E-state index in [4.69, 9.17) is 25.8 Å². The summed E-state index contributed by atoms with van der Waals surface area (Å²) in [6.07, 6.45) is -1.26. The van der Waals surface area contributed by atoms with E-state index < -0.39 is 17.7 Å². The quantitative estimate of drug-likeness (QED) is 0.637. The van der Waals surface area contributed by atoms with Gasteiger partial charge in [-0.25, -0.2) is 0 Å². The molecule has 0 radical (unpaired) electrons. The van der Waals surface area contributed by atoms with Crippen molar-refractivity contribution in [2.45, 2.75) is 37.6 Å². The minimum Gasteiger partial charge on any atom is -0.365 e. The maximum Gasteiger partial charge on any atom is 0.188 e. The topological polar surface area (TPSA) is 47.9 Å². The smallest absolute Gasteiger partial charge is 0.188 e. The fraction of sp³-hybridized carbons (Fsp3) is 1.00. The number of rotatable bonds is 1. The molecular weight excluding hydrogens is 196 g/mol. The second-order valence-corrected chi connectivity index (χ2v) is 4.15. The summed E-state index contributed by atoms with van der Waals surface area (Å²) in [4.78, 5) is 0. The number of ether oxygens (including phenoxy) is 3. The summed E-state index contributed by atoms with van der Waals surface area (Å²) in [6, 6.07) is 0. The minimum atomic E-state index is -0.989. The van der Waals surface area contributed by atoms with Crippen molar-refractivity contribution in [2.24, 2.45) is 0 Å². The zero-order valence-electron chi connectivity index (χ0n) is 7.62. The Morgan fingerprint density at radius 1 is 1.54 bits per heavy atom. The molecule has 0 aliphatic carbocycles. The molecule has 1 unspecified atom stereocenters. The van der Waals surface area contributed by atoms with Crippen LogP contribution in [0.4, 0.5) is 0 Å². The van der Waals surface area contributed by atoms with E-state index in [0.29, 0.717) is 6.61 Å². The zero-order valence-corrected chi connectivity index (χ0v) is 8.37. The minimum absolute atomic E-state index is 0.169. The summed E-state index contributed by atoms with van der Waals surface area (Å²) in [6.45, 7) is 3.93.